The van der Waals surface area contributed by atoms with Crippen LogP contribution in [0.3, 0.4) is 0 Å². The number of amides is 1. The Kier molecular flexibility index (Phi) is 6.92. The maximum absolute atomic E-state index is 13.8. The largest absolute Gasteiger partial charge is 0.451 e. The Morgan fingerprint density at radius 3 is 2.44 bits per heavy atom. The molecule has 0 bridgehead atoms. The third kappa shape index (κ3) is 5.77. The number of halogens is 4. The number of piperidine rings is 1. The van der Waals surface area contributed by atoms with Crippen molar-refractivity contribution < 1.29 is 22.4 Å². The van der Waals surface area contributed by atoms with Crippen LogP contribution in [0.2, 0.25) is 0 Å². The molecule has 9 heteroatoms. The minimum atomic E-state index is -4.65. The van der Waals surface area contributed by atoms with Crippen molar-refractivity contribution in [1.82, 2.24) is 14.9 Å². The van der Waals surface area contributed by atoms with Crippen LogP contribution in [-0.2, 0) is 17.5 Å². The molecule has 1 aliphatic heterocycles. The SMILES string of the molecule is CC(=O)Nc1ccc(CN2CCC(c3nc(C(F)(F)F)ncc3-c3cccc(F)c3)CC2)cc1. The normalized spacial score (nSPS) is 15.3. The van der Waals surface area contributed by atoms with Crippen molar-refractivity contribution in [2.24, 2.45) is 0 Å². The second-order valence-electron chi connectivity index (χ2n) is 8.43. The average Bonchev–Trinajstić information content (AvgIpc) is 2.80. The second kappa shape index (κ2) is 9.89. The highest BCUT2D eigenvalue weighted by molar-refractivity contribution is 5.88. The predicted molar refractivity (Wildman–Crippen MR) is 120 cm³/mol. The number of rotatable bonds is 5. The van der Waals surface area contributed by atoms with Gasteiger partial charge in [0.25, 0.3) is 0 Å². The van der Waals surface area contributed by atoms with Crippen LogP contribution in [0, 0.1) is 5.82 Å². The molecule has 0 aliphatic carbocycles. The lowest BCUT2D eigenvalue weighted by Crippen LogP contribution is -2.33. The first-order valence-corrected chi connectivity index (χ1v) is 11.0. The zero-order valence-corrected chi connectivity index (χ0v) is 18.6. The third-order valence-electron chi connectivity index (χ3n) is 5.86. The minimum absolute atomic E-state index is 0.133. The number of carbonyl (C=O) groups is 1. The first-order valence-electron chi connectivity index (χ1n) is 11.0. The van der Waals surface area contributed by atoms with Gasteiger partial charge < -0.3 is 5.32 Å². The van der Waals surface area contributed by atoms with E-state index in [1.54, 1.807) is 6.07 Å². The van der Waals surface area contributed by atoms with Gasteiger partial charge >= 0.3 is 6.18 Å². The average molecular weight is 472 g/mol. The molecule has 1 amide bonds. The molecule has 2 heterocycles. The van der Waals surface area contributed by atoms with Crippen LogP contribution in [0.25, 0.3) is 11.1 Å². The summed E-state index contributed by atoms with van der Waals surface area (Å²) in [4.78, 5) is 20.8. The highest BCUT2D eigenvalue weighted by Crippen LogP contribution is 2.36. The van der Waals surface area contributed by atoms with Crippen molar-refractivity contribution in [3.63, 3.8) is 0 Å². The minimum Gasteiger partial charge on any atom is -0.326 e. The lowest BCUT2D eigenvalue weighted by molar-refractivity contribution is -0.145. The Labute approximate surface area is 194 Å². The lowest BCUT2D eigenvalue weighted by Gasteiger charge is -2.32. The number of benzene rings is 2. The van der Waals surface area contributed by atoms with E-state index in [1.807, 2.05) is 24.3 Å². The number of hydrogen-bond acceptors (Lipinski definition) is 4. The fourth-order valence-corrected chi connectivity index (χ4v) is 4.24. The topological polar surface area (TPSA) is 58.1 Å². The Morgan fingerprint density at radius 2 is 1.82 bits per heavy atom. The van der Waals surface area contributed by atoms with E-state index in [4.69, 9.17) is 0 Å². The molecule has 0 atom stereocenters. The van der Waals surface area contributed by atoms with Crippen LogP contribution in [0.1, 0.15) is 42.8 Å². The smallest absolute Gasteiger partial charge is 0.326 e. The Hall–Kier alpha value is -3.33. The Bertz CT molecular complexity index is 1160. The predicted octanol–water partition coefficient (Wildman–Crippen LogP) is 5.64. The zero-order chi connectivity index (χ0) is 24.3. The van der Waals surface area contributed by atoms with Crippen molar-refractivity contribution >= 4 is 11.6 Å². The molecule has 4 rings (SSSR count). The molecule has 0 spiro atoms. The van der Waals surface area contributed by atoms with E-state index in [1.165, 1.54) is 25.1 Å². The summed E-state index contributed by atoms with van der Waals surface area (Å²) < 4.78 is 53.8. The lowest BCUT2D eigenvalue weighted by atomic mass is 9.88. The summed E-state index contributed by atoms with van der Waals surface area (Å²) in [5.74, 6) is -1.97. The molecule has 0 unspecified atom stereocenters. The Morgan fingerprint density at radius 1 is 1.12 bits per heavy atom. The van der Waals surface area contributed by atoms with Crippen LogP contribution in [-0.4, -0.2) is 33.9 Å². The van der Waals surface area contributed by atoms with E-state index in [0.717, 1.165) is 17.4 Å². The standard InChI is InChI=1S/C25H24F4N4O/c1-16(34)31-21-7-5-17(6-8-21)15-33-11-9-18(10-12-33)23-22(19-3-2-4-20(26)13-19)14-30-24(32-23)25(27,28)29/h2-8,13-14,18H,9-12,15H2,1H3,(H,31,34). The summed E-state index contributed by atoms with van der Waals surface area (Å²) >= 11 is 0. The van der Waals surface area contributed by atoms with E-state index < -0.39 is 17.8 Å². The van der Waals surface area contributed by atoms with Gasteiger partial charge in [-0.25, -0.2) is 14.4 Å². The molecule has 1 aliphatic rings. The molecule has 178 valence electrons. The summed E-state index contributed by atoms with van der Waals surface area (Å²) in [5, 5.41) is 2.73. The van der Waals surface area contributed by atoms with Crippen LogP contribution in [0.4, 0.5) is 23.2 Å². The molecule has 0 radical (unpaired) electrons. The number of hydrogen-bond donors (Lipinski definition) is 1. The molecule has 1 N–H and O–H groups in total. The van der Waals surface area contributed by atoms with E-state index in [-0.39, 0.29) is 11.8 Å². The third-order valence-corrected chi connectivity index (χ3v) is 5.86. The summed E-state index contributed by atoms with van der Waals surface area (Å²) in [7, 11) is 0. The van der Waals surface area contributed by atoms with Gasteiger partial charge in [-0.1, -0.05) is 24.3 Å². The van der Waals surface area contributed by atoms with Crippen molar-refractivity contribution in [1.29, 1.82) is 0 Å². The molecule has 5 nitrogen and oxygen atoms in total. The van der Waals surface area contributed by atoms with Gasteiger partial charge in [-0.15, -0.1) is 0 Å². The number of alkyl halides is 3. The maximum Gasteiger partial charge on any atom is 0.451 e. The number of anilines is 1. The number of aromatic nitrogens is 2. The van der Waals surface area contributed by atoms with Crippen LogP contribution in [0.15, 0.2) is 54.7 Å². The van der Waals surface area contributed by atoms with Crippen LogP contribution < -0.4 is 5.32 Å². The van der Waals surface area contributed by atoms with Crippen molar-refractivity contribution in [2.45, 2.75) is 38.4 Å². The zero-order valence-electron chi connectivity index (χ0n) is 18.6. The molecule has 1 aromatic heterocycles. The van der Waals surface area contributed by atoms with Gasteiger partial charge in [0.15, 0.2) is 0 Å². The van der Waals surface area contributed by atoms with Gasteiger partial charge in [-0.2, -0.15) is 13.2 Å². The first-order chi connectivity index (χ1) is 16.2. The molecule has 3 aromatic rings. The highest BCUT2D eigenvalue weighted by atomic mass is 19.4. The maximum atomic E-state index is 13.8. The number of likely N-dealkylation sites (tertiary alicyclic amines) is 1. The monoisotopic (exact) mass is 472 g/mol. The summed E-state index contributed by atoms with van der Waals surface area (Å²) in [5.41, 5.74) is 3.01. The Balaban J connectivity index is 1.50. The molecule has 0 saturated carbocycles. The summed E-state index contributed by atoms with van der Waals surface area (Å²) in [6.45, 7) is 3.52. The molecule has 2 aromatic carbocycles. The van der Waals surface area contributed by atoms with Gasteiger partial charge in [0.1, 0.15) is 5.82 Å². The molecular weight excluding hydrogens is 448 g/mol. The number of nitrogens with one attached hydrogen (secondary N) is 1. The van der Waals surface area contributed by atoms with Gasteiger partial charge in [0.05, 0.1) is 5.69 Å². The quantitative estimate of drug-likeness (QED) is 0.489. The molecule has 34 heavy (non-hydrogen) atoms. The molecule has 1 fully saturated rings. The second-order valence-corrected chi connectivity index (χ2v) is 8.43. The van der Waals surface area contributed by atoms with Gasteiger partial charge in [0.2, 0.25) is 11.7 Å². The summed E-state index contributed by atoms with van der Waals surface area (Å²) in [6, 6.07) is 13.3. The van der Waals surface area contributed by atoms with E-state index in [2.05, 4.69) is 20.2 Å². The van der Waals surface area contributed by atoms with Crippen molar-refractivity contribution in [2.75, 3.05) is 18.4 Å². The van der Waals surface area contributed by atoms with Gasteiger partial charge in [-0.05, 0) is 61.3 Å². The fraction of sp³-hybridized carbons (Fsp3) is 0.320. The highest BCUT2D eigenvalue weighted by Gasteiger charge is 2.36. The van der Waals surface area contributed by atoms with E-state index in [9.17, 15) is 22.4 Å². The summed E-state index contributed by atoms with van der Waals surface area (Å²) in [6.07, 6.45) is -2.25. The van der Waals surface area contributed by atoms with Crippen LogP contribution >= 0.6 is 0 Å². The fourth-order valence-electron chi connectivity index (χ4n) is 4.24. The van der Waals surface area contributed by atoms with E-state index >= 15 is 0 Å². The van der Waals surface area contributed by atoms with Gasteiger partial charge in [0, 0.05) is 36.8 Å². The molecule has 1 saturated heterocycles. The number of nitrogens with zero attached hydrogens (tertiary/aromatic N) is 3. The van der Waals surface area contributed by atoms with E-state index in [0.29, 0.717) is 49.3 Å². The number of carbonyl (C=O) groups excluding carboxylic acids is 1. The molecular formula is C25H24F4N4O. The van der Waals surface area contributed by atoms with Crippen molar-refractivity contribution in [3.8, 4) is 11.1 Å². The van der Waals surface area contributed by atoms with Gasteiger partial charge in [-0.3, -0.25) is 9.69 Å². The first kappa shape index (κ1) is 23.8. The van der Waals surface area contributed by atoms with Crippen molar-refractivity contribution in [3.05, 3.63) is 77.6 Å². The van der Waals surface area contributed by atoms with Crippen LogP contribution in [0.5, 0.6) is 0 Å².